The van der Waals surface area contributed by atoms with Crippen molar-refractivity contribution in [3.8, 4) is 0 Å². The Labute approximate surface area is 143 Å². The van der Waals surface area contributed by atoms with E-state index in [-0.39, 0.29) is 12.2 Å². The van der Waals surface area contributed by atoms with Crippen LogP contribution in [0, 0.1) is 0 Å². The number of nitrogens with zero attached hydrogens (tertiary/aromatic N) is 5. The number of nitrogens with one attached hydrogen (secondary N) is 1. The van der Waals surface area contributed by atoms with Gasteiger partial charge in [0.1, 0.15) is 0 Å². The molecule has 3 heterocycles. The van der Waals surface area contributed by atoms with Gasteiger partial charge in [0.2, 0.25) is 0 Å². The Morgan fingerprint density at radius 3 is 3.04 bits per heavy atom. The molecule has 1 aromatic carbocycles. The molecule has 0 fully saturated rings. The van der Waals surface area contributed by atoms with Crippen LogP contribution in [0.3, 0.4) is 0 Å². The first kappa shape index (κ1) is 14.9. The van der Waals surface area contributed by atoms with Gasteiger partial charge in [0.25, 0.3) is 0 Å². The van der Waals surface area contributed by atoms with Crippen LogP contribution in [0.4, 0.5) is 10.5 Å². The maximum atomic E-state index is 12.5. The van der Waals surface area contributed by atoms with Crippen molar-refractivity contribution >= 4 is 23.3 Å². The topological polar surface area (TPSA) is 74.9 Å². The van der Waals surface area contributed by atoms with Gasteiger partial charge in [0.05, 0.1) is 5.70 Å². The highest BCUT2D eigenvalue weighted by Gasteiger charge is 2.32. The van der Waals surface area contributed by atoms with E-state index in [2.05, 4.69) is 20.6 Å². The lowest BCUT2D eigenvalue weighted by atomic mass is 10.1. The van der Waals surface area contributed by atoms with Crippen molar-refractivity contribution in [3.05, 3.63) is 59.0 Å². The summed E-state index contributed by atoms with van der Waals surface area (Å²) in [6, 6.07) is 8.80. The number of rotatable bonds is 2. The van der Waals surface area contributed by atoms with Crippen LogP contribution < -0.4 is 5.32 Å². The molecule has 0 aliphatic carbocycles. The lowest BCUT2D eigenvalue weighted by molar-refractivity contribution is 0.212. The van der Waals surface area contributed by atoms with E-state index in [9.17, 15) is 4.79 Å². The summed E-state index contributed by atoms with van der Waals surface area (Å²) in [5, 5.41) is 16.2. The highest BCUT2D eigenvalue weighted by molar-refractivity contribution is 6.30. The first-order valence-electron chi connectivity index (χ1n) is 7.64. The van der Waals surface area contributed by atoms with Crippen LogP contribution in [-0.2, 0) is 0 Å². The predicted molar refractivity (Wildman–Crippen MR) is 89.8 cm³/mol. The Balaban J connectivity index is 1.48. The lowest BCUT2D eigenvalue weighted by Gasteiger charge is -2.29. The Morgan fingerprint density at radius 1 is 1.33 bits per heavy atom. The van der Waals surface area contributed by atoms with Crippen molar-refractivity contribution in [2.75, 3.05) is 18.4 Å². The molecule has 7 nitrogen and oxygen atoms in total. The van der Waals surface area contributed by atoms with E-state index in [4.69, 9.17) is 11.6 Å². The van der Waals surface area contributed by atoms with Crippen LogP contribution in [0.2, 0.25) is 5.02 Å². The number of benzene rings is 1. The maximum absolute atomic E-state index is 12.5. The lowest BCUT2D eigenvalue weighted by Crippen LogP contribution is -2.40. The third-order valence-corrected chi connectivity index (χ3v) is 4.32. The number of halogens is 1. The molecule has 8 heteroatoms. The fourth-order valence-electron chi connectivity index (χ4n) is 2.90. The number of carbonyl (C=O) groups excluding carboxylic acids is 1. The second-order valence-corrected chi connectivity index (χ2v) is 6.10. The van der Waals surface area contributed by atoms with Crippen LogP contribution in [0.15, 0.2) is 64.2 Å². The molecule has 0 bridgehead atoms. The minimum atomic E-state index is -0.253. The highest BCUT2D eigenvalue weighted by Crippen LogP contribution is 2.35. The van der Waals surface area contributed by atoms with Gasteiger partial charge in [0.15, 0.2) is 6.17 Å². The molecule has 0 radical (unpaired) electrons. The van der Waals surface area contributed by atoms with E-state index < -0.39 is 0 Å². The average molecular weight is 343 g/mol. The summed E-state index contributed by atoms with van der Waals surface area (Å²) in [4.78, 5) is 14.3. The summed E-state index contributed by atoms with van der Waals surface area (Å²) >= 11 is 5.96. The van der Waals surface area contributed by atoms with Crippen molar-refractivity contribution in [2.24, 2.45) is 10.2 Å². The van der Waals surface area contributed by atoms with Crippen LogP contribution in [0.1, 0.15) is 12.6 Å². The largest absolute Gasteiger partial charge is 0.322 e. The normalized spacial score (nSPS) is 19.5. The maximum Gasteiger partial charge on any atom is 0.322 e. The van der Waals surface area contributed by atoms with E-state index in [0.29, 0.717) is 30.2 Å². The van der Waals surface area contributed by atoms with Gasteiger partial charge < -0.3 is 10.2 Å². The molecule has 1 unspecified atom stereocenters. The van der Waals surface area contributed by atoms with Crippen LogP contribution in [0.25, 0.3) is 0 Å². The number of hydrogen-bond donors (Lipinski definition) is 1. The molecule has 2 amide bonds. The van der Waals surface area contributed by atoms with Gasteiger partial charge in [-0.25, -0.2) is 9.48 Å². The van der Waals surface area contributed by atoms with Gasteiger partial charge in [-0.05, 0) is 24.3 Å². The van der Waals surface area contributed by atoms with E-state index >= 15 is 0 Å². The highest BCUT2D eigenvalue weighted by atomic mass is 35.5. The van der Waals surface area contributed by atoms with E-state index in [1.165, 1.54) is 0 Å². The van der Waals surface area contributed by atoms with E-state index in [0.717, 1.165) is 11.3 Å². The molecule has 2 aliphatic rings. The summed E-state index contributed by atoms with van der Waals surface area (Å²) in [7, 11) is 0. The first-order chi connectivity index (χ1) is 11.7. The van der Waals surface area contributed by atoms with Crippen molar-refractivity contribution in [1.82, 2.24) is 14.7 Å². The number of anilines is 1. The van der Waals surface area contributed by atoms with Gasteiger partial charge in [0, 0.05) is 48.2 Å². The molecular weight excluding hydrogens is 328 g/mol. The Bertz CT molecular complexity index is 829. The summed E-state index contributed by atoms with van der Waals surface area (Å²) in [6.45, 7) is 1.09. The van der Waals surface area contributed by atoms with Crippen LogP contribution >= 0.6 is 11.6 Å². The number of azo groups is 1. The molecule has 2 aromatic rings. The zero-order valence-corrected chi connectivity index (χ0v) is 13.5. The molecule has 2 aliphatic heterocycles. The van der Waals surface area contributed by atoms with Crippen molar-refractivity contribution in [1.29, 1.82) is 0 Å². The van der Waals surface area contributed by atoms with Crippen molar-refractivity contribution in [2.45, 2.75) is 12.6 Å². The van der Waals surface area contributed by atoms with Gasteiger partial charge >= 0.3 is 6.03 Å². The molecule has 122 valence electrons. The fourth-order valence-corrected chi connectivity index (χ4v) is 3.09. The zero-order chi connectivity index (χ0) is 16.5. The summed E-state index contributed by atoms with van der Waals surface area (Å²) in [5.41, 5.74) is 2.66. The smallest absolute Gasteiger partial charge is 0.320 e. The molecule has 1 aromatic heterocycles. The average Bonchev–Trinajstić information content (AvgIpc) is 3.23. The summed E-state index contributed by atoms with van der Waals surface area (Å²) < 4.78 is 1.75. The number of carbonyl (C=O) groups is 1. The molecule has 24 heavy (non-hydrogen) atoms. The third kappa shape index (κ3) is 2.78. The van der Waals surface area contributed by atoms with Crippen LogP contribution in [0.5, 0.6) is 0 Å². The third-order valence-electron chi connectivity index (χ3n) is 4.09. The summed E-state index contributed by atoms with van der Waals surface area (Å²) in [6.07, 6.45) is 4.00. The number of hydrogen-bond acceptors (Lipinski definition) is 4. The van der Waals surface area contributed by atoms with Crippen LogP contribution in [-0.4, -0.2) is 33.8 Å². The standard InChI is InChI=1S/C16H15ClN6O/c17-11-3-1-4-12(9-11)19-16(24)22-8-5-14-13(10-22)15(21-20-14)23-7-2-6-18-23/h1-4,6-7,9,15H,5,8,10H2,(H,19,24). The van der Waals surface area contributed by atoms with Crippen molar-refractivity contribution in [3.63, 3.8) is 0 Å². The molecule has 0 spiro atoms. The zero-order valence-electron chi connectivity index (χ0n) is 12.8. The van der Waals surface area contributed by atoms with Crippen molar-refractivity contribution < 1.29 is 4.79 Å². The number of urea groups is 1. The number of amides is 2. The fraction of sp³-hybridized carbons (Fsp3) is 0.250. The number of aromatic nitrogens is 2. The predicted octanol–water partition coefficient (Wildman–Crippen LogP) is 3.69. The van der Waals surface area contributed by atoms with Gasteiger partial charge in [-0.1, -0.05) is 17.7 Å². The Morgan fingerprint density at radius 2 is 2.25 bits per heavy atom. The van der Waals surface area contributed by atoms with Gasteiger partial charge in [-0.2, -0.15) is 15.3 Å². The Kier molecular flexibility index (Phi) is 3.78. The molecule has 0 saturated carbocycles. The van der Waals surface area contributed by atoms with E-state index in [1.54, 1.807) is 34.0 Å². The van der Waals surface area contributed by atoms with E-state index in [1.807, 2.05) is 18.3 Å². The molecule has 1 N–H and O–H groups in total. The molecule has 1 atom stereocenters. The monoisotopic (exact) mass is 342 g/mol. The minimum absolute atomic E-state index is 0.157. The summed E-state index contributed by atoms with van der Waals surface area (Å²) in [5.74, 6) is 0. The van der Waals surface area contributed by atoms with Gasteiger partial charge in [-0.15, -0.1) is 0 Å². The second kappa shape index (κ2) is 6.09. The van der Waals surface area contributed by atoms with Gasteiger partial charge in [-0.3, -0.25) is 0 Å². The SMILES string of the molecule is O=C(Nc1cccc(Cl)c1)N1CCC2=C(C1)C(n1cccn1)N=N2. The minimum Gasteiger partial charge on any atom is -0.320 e. The molecule has 4 rings (SSSR count). The second-order valence-electron chi connectivity index (χ2n) is 5.66. The molecular formula is C16H15ClN6O. The molecule has 0 saturated heterocycles. The Hall–Kier alpha value is -2.67. The first-order valence-corrected chi connectivity index (χ1v) is 8.02. The quantitative estimate of drug-likeness (QED) is 0.903.